The fourth-order valence-electron chi connectivity index (χ4n) is 1.07. The zero-order valence-corrected chi connectivity index (χ0v) is 8.19. The molecule has 0 radical (unpaired) electrons. The third-order valence-corrected chi connectivity index (χ3v) is 2.25. The number of aldehydes is 1. The van der Waals surface area contributed by atoms with Crippen molar-refractivity contribution in [3.63, 3.8) is 0 Å². The van der Waals surface area contributed by atoms with Crippen LogP contribution in [0.3, 0.4) is 0 Å². The number of hydrogen-bond donors (Lipinski definition) is 0. The maximum atomic E-state index is 10.6. The maximum Gasteiger partial charge on any atom is 0.313 e. The van der Waals surface area contributed by atoms with Gasteiger partial charge in [-0.1, -0.05) is 12.1 Å². The Labute approximate surface area is 83.6 Å². The van der Waals surface area contributed by atoms with Gasteiger partial charge in [0.2, 0.25) is 0 Å². The van der Waals surface area contributed by atoms with Crippen LogP contribution in [0, 0.1) is 0 Å². The molecule has 0 aromatic heterocycles. The molecule has 3 nitrogen and oxygen atoms in total. The molecule has 13 heavy (non-hydrogen) atoms. The number of halogens is 1. The van der Waals surface area contributed by atoms with Crippen molar-refractivity contribution in [3.8, 4) is 5.75 Å². The van der Waals surface area contributed by atoms with Crippen molar-refractivity contribution in [1.82, 2.24) is 0 Å². The van der Waals surface area contributed by atoms with Gasteiger partial charge in [-0.25, -0.2) is 4.99 Å². The molecule has 0 saturated carbocycles. The van der Waals surface area contributed by atoms with Crippen molar-refractivity contribution < 1.29 is 9.53 Å². The first-order valence-electron chi connectivity index (χ1n) is 3.72. The van der Waals surface area contributed by atoms with Crippen LogP contribution in [0.25, 0.3) is 0 Å². The Bertz CT molecular complexity index is 378. The number of aliphatic imine (C=N–C) groups is 1. The molecule has 1 unspecified atom stereocenters. The highest BCUT2D eigenvalue weighted by molar-refractivity contribution is 9.10. The maximum absolute atomic E-state index is 10.6. The van der Waals surface area contributed by atoms with E-state index in [0.29, 0.717) is 12.0 Å². The van der Waals surface area contributed by atoms with Gasteiger partial charge in [0, 0.05) is 11.8 Å². The van der Waals surface area contributed by atoms with Gasteiger partial charge >= 0.3 is 4.63 Å². The van der Waals surface area contributed by atoms with E-state index in [1.54, 1.807) is 12.3 Å². The average Bonchev–Trinajstić information content (AvgIpc) is 2.18. The van der Waals surface area contributed by atoms with E-state index in [1.165, 1.54) is 0 Å². The van der Waals surface area contributed by atoms with Crippen LogP contribution in [0.5, 0.6) is 5.75 Å². The summed E-state index contributed by atoms with van der Waals surface area (Å²) < 4.78 is 4.08. The predicted molar refractivity (Wildman–Crippen MR) is 52.4 cm³/mol. The number of alkyl halides is 1. The van der Waals surface area contributed by atoms with Crippen LogP contribution in [0.15, 0.2) is 29.3 Å². The molecule has 1 atom stereocenters. The Hall–Kier alpha value is -1.16. The summed E-state index contributed by atoms with van der Waals surface area (Å²) in [5.41, 5.74) is 0.874. The normalized spacial score (nSPS) is 24.7. The van der Waals surface area contributed by atoms with Gasteiger partial charge in [-0.15, -0.1) is 0 Å². The SMILES string of the molecule is O=CC1(Br)N=Cc2ccccc2O1. The van der Waals surface area contributed by atoms with Gasteiger partial charge in [0.25, 0.3) is 0 Å². The van der Waals surface area contributed by atoms with Gasteiger partial charge < -0.3 is 4.74 Å². The van der Waals surface area contributed by atoms with E-state index in [-0.39, 0.29) is 0 Å². The molecule has 1 aromatic rings. The number of para-hydroxylation sites is 1. The van der Waals surface area contributed by atoms with Crippen LogP contribution in [0.4, 0.5) is 0 Å². The van der Waals surface area contributed by atoms with E-state index in [0.717, 1.165) is 5.56 Å². The summed E-state index contributed by atoms with van der Waals surface area (Å²) in [6.07, 6.45) is 2.22. The van der Waals surface area contributed by atoms with Gasteiger partial charge in [0.1, 0.15) is 5.75 Å². The molecule has 1 aliphatic heterocycles. The number of fused-ring (bicyclic) bond motifs is 1. The van der Waals surface area contributed by atoms with Gasteiger partial charge in [0.15, 0.2) is 6.29 Å². The lowest BCUT2D eigenvalue weighted by Crippen LogP contribution is -2.31. The van der Waals surface area contributed by atoms with Crippen LogP contribution < -0.4 is 4.74 Å². The minimum Gasteiger partial charge on any atom is -0.449 e. The lowest BCUT2D eigenvalue weighted by Gasteiger charge is -2.23. The fraction of sp³-hybridized carbons (Fsp3) is 0.111. The molecule has 0 aliphatic carbocycles. The lowest BCUT2D eigenvalue weighted by molar-refractivity contribution is -0.114. The summed E-state index contributed by atoms with van der Waals surface area (Å²) in [5, 5.41) is 0. The average molecular weight is 240 g/mol. The highest BCUT2D eigenvalue weighted by Gasteiger charge is 2.30. The van der Waals surface area contributed by atoms with Crippen LogP contribution >= 0.6 is 15.9 Å². The Balaban J connectivity index is 2.44. The van der Waals surface area contributed by atoms with E-state index in [9.17, 15) is 4.79 Å². The number of rotatable bonds is 1. The predicted octanol–water partition coefficient (Wildman–Crippen LogP) is 1.75. The number of hydrogen-bond acceptors (Lipinski definition) is 3. The molecular weight excluding hydrogens is 234 g/mol. The molecule has 0 saturated heterocycles. The van der Waals surface area contributed by atoms with Crippen molar-refractivity contribution in [1.29, 1.82) is 0 Å². The first-order valence-corrected chi connectivity index (χ1v) is 4.51. The van der Waals surface area contributed by atoms with Gasteiger partial charge in [0.05, 0.1) is 0 Å². The standard InChI is InChI=1S/C9H6BrNO2/c10-9(6-12)11-5-7-3-1-2-4-8(7)13-9/h1-6H. The van der Waals surface area contributed by atoms with E-state index in [2.05, 4.69) is 20.9 Å². The largest absolute Gasteiger partial charge is 0.449 e. The number of carbonyl (C=O) groups excluding carboxylic acids is 1. The van der Waals surface area contributed by atoms with Crippen LogP contribution in [-0.4, -0.2) is 17.1 Å². The first kappa shape index (κ1) is 8.44. The van der Waals surface area contributed by atoms with Crippen molar-refractivity contribution in [2.45, 2.75) is 4.63 Å². The van der Waals surface area contributed by atoms with Crippen LogP contribution in [-0.2, 0) is 4.79 Å². The number of nitrogens with zero attached hydrogens (tertiary/aromatic N) is 1. The lowest BCUT2D eigenvalue weighted by atomic mass is 10.2. The highest BCUT2D eigenvalue weighted by Crippen LogP contribution is 2.29. The molecule has 0 spiro atoms. The molecule has 1 aliphatic rings. The van der Waals surface area contributed by atoms with Crippen molar-refractivity contribution in [2.75, 3.05) is 0 Å². The fourth-order valence-corrected chi connectivity index (χ4v) is 1.35. The number of benzene rings is 1. The van der Waals surface area contributed by atoms with Gasteiger partial charge in [-0.3, -0.25) is 4.79 Å². The highest BCUT2D eigenvalue weighted by atomic mass is 79.9. The molecule has 0 amide bonds. The molecule has 66 valence electrons. The second-order valence-corrected chi connectivity index (χ2v) is 3.76. The quantitative estimate of drug-likeness (QED) is 0.426. The summed E-state index contributed by atoms with van der Waals surface area (Å²) in [5.74, 6) is 0.654. The van der Waals surface area contributed by atoms with Crippen molar-refractivity contribution in [3.05, 3.63) is 29.8 Å². The summed E-state index contributed by atoms with van der Waals surface area (Å²) in [6.45, 7) is 0. The monoisotopic (exact) mass is 239 g/mol. The molecule has 1 heterocycles. The summed E-state index contributed by atoms with van der Waals surface area (Å²) in [7, 11) is 0. The second-order valence-electron chi connectivity index (χ2n) is 2.62. The molecular formula is C9H6BrNO2. The van der Waals surface area contributed by atoms with Crippen molar-refractivity contribution >= 4 is 28.4 Å². The Morgan fingerprint density at radius 3 is 3.00 bits per heavy atom. The smallest absolute Gasteiger partial charge is 0.313 e. The van der Waals surface area contributed by atoms with E-state index in [1.807, 2.05) is 18.2 Å². The minimum absolute atomic E-state index is 0.611. The van der Waals surface area contributed by atoms with Crippen LogP contribution in [0.2, 0.25) is 0 Å². The van der Waals surface area contributed by atoms with E-state index < -0.39 is 4.63 Å². The topological polar surface area (TPSA) is 38.7 Å². The van der Waals surface area contributed by atoms with Gasteiger partial charge in [-0.05, 0) is 28.1 Å². The Morgan fingerprint density at radius 2 is 2.23 bits per heavy atom. The molecule has 4 heteroatoms. The third kappa shape index (κ3) is 1.49. The van der Waals surface area contributed by atoms with E-state index in [4.69, 9.17) is 4.74 Å². The summed E-state index contributed by atoms with van der Waals surface area (Å²) in [6, 6.07) is 7.39. The zero-order chi connectivity index (χ0) is 9.31. The Kier molecular flexibility index (Phi) is 1.92. The molecule has 0 bridgehead atoms. The number of carbonyl (C=O) groups is 1. The van der Waals surface area contributed by atoms with Crippen LogP contribution in [0.1, 0.15) is 5.56 Å². The second kappa shape index (κ2) is 2.96. The number of ether oxygens (including phenoxy) is 1. The van der Waals surface area contributed by atoms with Gasteiger partial charge in [-0.2, -0.15) is 0 Å². The summed E-state index contributed by atoms with van der Waals surface area (Å²) >= 11 is 3.08. The Morgan fingerprint density at radius 1 is 1.46 bits per heavy atom. The molecule has 1 aromatic carbocycles. The van der Waals surface area contributed by atoms with E-state index >= 15 is 0 Å². The molecule has 0 N–H and O–H groups in total. The van der Waals surface area contributed by atoms with Crippen molar-refractivity contribution in [2.24, 2.45) is 4.99 Å². The summed E-state index contributed by atoms with van der Waals surface area (Å²) in [4.78, 5) is 14.5. The zero-order valence-electron chi connectivity index (χ0n) is 6.61. The first-order chi connectivity index (χ1) is 6.23. The molecule has 2 rings (SSSR count). The third-order valence-electron chi connectivity index (χ3n) is 1.70. The minimum atomic E-state index is -1.23. The molecule has 0 fully saturated rings.